The summed E-state index contributed by atoms with van der Waals surface area (Å²) in [4.78, 5) is 38.8. The van der Waals surface area contributed by atoms with Gasteiger partial charge in [-0.1, -0.05) is 41.5 Å². The Morgan fingerprint density at radius 2 is 1.40 bits per heavy atom. The van der Waals surface area contributed by atoms with Crippen molar-refractivity contribution < 1.29 is 0 Å². The van der Waals surface area contributed by atoms with Crippen LogP contribution in [0.25, 0.3) is 0 Å². The lowest BCUT2D eigenvalue weighted by Crippen LogP contribution is -2.46. The molecule has 114 valence electrons. The highest BCUT2D eigenvalue weighted by Crippen LogP contribution is 2.36. The van der Waals surface area contributed by atoms with Crippen molar-refractivity contribution in [1.82, 2.24) is 14.5 Å². The minimum absolute atomic E-state index is 0.0463. The van der Waals surface area contributed by atoms with Crippen molar-refractivity contribution in [2.45, 2.75) is 54.5 Å². The third kappa shape index (κ3) is 4.51. The first-order valence-corrected chi connectivity index (χ1v) is 6.83. The molecule has 1 heterocycles. The smallest absolute Gasteiger partial charge is 0.259 e. The van der Waals surface area contributed by atoms with Crippen LogP contribution in [-0.2, 0) is 6.54 Å². The van der Waals surface area contributed by atoms with E-state index in [0.29, 0.717) is 6.54 Å². The summed E-state index contributed by atoms with van der Waals surface area (Å²) in [7, 11) is 0. The molecule has 0 aliphatic carbocycles. The number of aromatic amines is 2. The third-order valence-corrected chi connectivity index (χ3v) is 3.42. The molecule has 0 saturated carbocycles. The van der Waals surface area contributed by atoms with Gasteiger partial charge in [0.2, 0.25) is 0 Å². The standard InChI is InChI=1S/C14H25N3O3/c1-13(2,3)7-9(14(4,5)6)8-17-11(19)15-10(18)16-12(17)20/h9H,7-8H2,1-6H3,(H2,15,16,18,19,20). The van der Waals surface area contributed by atoms with Gasteiger partial charge < -0.3 is 0 Å². The van der Waals surface area contributed by atoms with E-state index in [-0.39, 0.29) is 16.7 Å². The summed E-state index contributed by atoms with van der Waals surface area (Å²) in [6.45, 7) is 13.0. The first kappa shape index (κ1) is 16.5. The van der Waals surface area contributed by atoms with Crippen LogP contribution in [0.4, 0.5) is 0 Å². The van der Waals surface area contributed by atoms with Crippen molar-refractivity contribution in [3.8, 4) is 0 Å². The number of hydrogen-bond donors (Lipinski definition) is 2. The zero-order valence-electron chi connectivity index (χ0n) is 13.2. The summed E-state index contributed by atoms with van der Waals surface area (Å²) in [5, 5.41) is 0. The van der Waals surface area contributed by atoms with Crippen LogP contribution in [-0.4, -0.2) is 14.5 Å². The summed E-state index contributed by atoms with van der Waals surface area (Å²) in [5.74, 6) is 0.146. The highest BCUT2D eigenvalue weighted by molar-refractivity contribution is 4.81. The normalized spacial score (nSPS) is 14.3. The van der Waals surface area contributed by atoms with Crippen LogP contribution >= 0.6 is 0 Å². The van der Waals surface area contributed by atoms with E-state index in [1.54, 1.807) is 0 Å². The molecule has 1 rings (SSSR count). The maximum atomic E-state index is 11.8. The van der Waals surface area contributed by atoms with Gasteiger partial charge in [-0.3, -0.25) is 9.97 Å². The van der Waals surface area contributed by atoms with Crippen LogP contribution < -0.4 is 17.1 Å². The Labute approximate surface area is 118 Å². The molecule has 1 aromatic heterocycles. The van der Waals surface area contributed by atoms with E-state index in [1.807, 2.05) is 0 Å². The van der Waals surface area contributed by atoms with Gasteiger partial charge in [-0.05, 0) is 23.2 Å². The van der Waals surface area contributed by atoms with Crippen LogP contribution in [0.2, 0.25) is 0 Å². The molecule has 6 heteroatoms. The van der Waals surface area contributed by atoms with Gasteiger partial charge in [-0.25, -0.2) is 19.0 Å². The van der Waals surface area contributed by atoms with E-state index >= 15 is 0 Å². The molecule has 0 radical (unpaired) electrons. The Hall–Kier alpha value is -1.59. The second kappa shape index (κ2) is 5.42. The quantitative estimate of drug-likeness (QED) is 0.877. The number of aromatic nitrogens is 3. The predicted octanol–water partition coefficient (Wildman–Crippen LogP) is 1.32. The SMILES string of the molecule is CC(C)(C)CC(Cn1c(=O)[nH]c(=O)[nH]c1=O)C(C)(C)C. The number of H-pyrrole nitrogens is 2. The Balaban J connectivity index is 3.18. The fourth-order valence-electron chi connectivity index (χ4n) is 2.22. The first-order valence-electron chi connectivity index (χ1n) is 6.83. The van der Waals surface area contributed by atoms with Crippen molar-refractivity contribution in [3.63, 3.8) is 0 Å². The van der Waals surface area contributed by atoms with Crippen molar-refractivity contribution in [1.29, 1.82) is 0 Å². The summed E-state index contributed by atoms with van der Waals surface area (Å²) in [5.41, 5.74) is -2.02. The molecule has 0 fully saturated rings. The third-order valence-electron chi connectivity index (χ3n) is 3.42. The molecule has 1 aromatic rings. The molecule has 0 bridgehead atoms. The minimum Gasteiger partial charge on any atom is -0.259 e. The van der Waals surface area contributed by atoms with E-state index in [4.69, 9.17) is 0 Å². The largest absolute Gasteiger partial charge is 0.333 e. The van der Waals surface area contributed by atoms with Crippen LogP contribution in [0.15, 0.2) is 14.4 Å². The lowest BCUT2D eigenvalue weighted by atomic mass is 9.72. The van der Waals surface area contributed by atoms with Crippen LogP contribution in [0.1, 0.15) is 48.0 Å². The van der Waals surface area contributed by atoms with E-state index in [2.05, 4.69) is 51.5 Å². The topological polar surface area (TPSA) is 87.7 Å². The molecule has 0 saturated heterocycles. The average molecular weight is 283 g/mol. The predicted molar refractivity (Wildman–Crippen MR) is 79.0 cm³/mol. The Kier molecular flexibility index (Phi) is 4.46. The van der Waals surface area contributed by atoms with E-state index in [1.165, 1.54) is 0 Å². The zero-order valence-corrected chi connectivity index (χ0v) is 13.2. The second-order valence-corrected chi connectivity index (χ2v) is 7.63. The molecule has 1 atom stereocenters. The minimum atomic E-state index is -0.764. The molecule has 0 aromatic carbocycles. The van der Waals surface area contributed by atoms with Gasteiger partial charge in [-0.15, -0.1) is 0 Å². The fourth-order valence-corrected chi connectivity index (χ4v) is 2.22. The fraction of sp³-hybridized carbons (Fsp3) is 0.786. The van der Waals surface area contributed by atoms with E-state index < -0.39 is 17.1 Å². The summed E-state index contributed by atoms with van der Waals surface area (Å²) >= 11 is 0. The maximum absolute atomic E-state index is 11.8. The van der Waals surface area contributed by atoms with Crippen molar-refractivity contribution in [2.24, 2.45) is 16.7 Å². The van der Waals surface area contributed by atoms with Crippen molar-refractivity contribution in [3.05, 3.63) is 31.5 Å². The number of hydrogen-bond acceptors (Lipinski definition) is 3. The van der Waals surface area contributed by atoms with Gasteiger partial charge in [-0.2, -0.15) is 0 Å². The van der Waals surface area contributed by atoms with Gasteiger partial charge in [0.05, 0.1) is 0 Å². The molecular formula is C14H25N3O3. The van der Waals surface area contributed by atoms with Gasteiger partial charge in [0.25, 0.3) is 0 Å². The van der Waals surface area contributed by atoms with Gasteiger partial charge in [0, 0.05) is 6.54 Å². The Morgan fingerprint density at radius 3 is 1.75 bits per heavy atom. The summed E-state index contributed by atoms with van der Waals surface area (Å²) in [6, 6.07) is 0. The zero-order chi connectivity index (χ0) is 15.7. The van der Waals surface area contributed by atoms with Crippen LogP contribution in [0, 0.1) is 16.7 Å². The van der Waals surface area contributed by atoms with Crippen molar-refractivity contribution in [2.75, 3.05) is 0 Å². The highest BCUT2D eigenvalue weighted by atomic mass is 16.2. The monoisotopic (exact) mass is 283 g/mol. The summed E-state index contributed by atoms with van der Waals surface area (Å²) in [6.07, 6.45) is 0.876. The molecular weight excluding hydrogens is 258 g/mol. The van der Waals surface area contributed by atoms with E-state index in [9.17, 15) is 14.4 Å². The molecule has 0 aliphatic rings. The lowest BCUT2D eigenvalue weighted by molar-refractivity contribution is 0.142. The Bertz CT molecular complexity index is 589. The number of rotatable bonds is 3. The first-order chi connectivity index (χ1) is 8.90. The van der Waals surface area contributed by atoms with Gasteiger partial charge >= 0.3 is 17.1 Å². The molecule has 0 spiro atoms. The molecule has 20 heavy (non-hydrogen) atoms. The molecule has 6 nitrogen and oxygen atoms in total. The second-order valence-electron chi connectivity index (χ2n) is 7.63. The lowest BCUT2D eigenvalue weighted by Gasteiger charge is -2.35. The molecule has 0 amide bonds. The summed E-state index contributed by atoms with van der Waals surface area (Å²) < 4.78 is 1.07. The van der Waals surface area contributed by atoms with Gasteiger partial charge in [0.1, 0.15) is 0 Å². The van der Waals surface area contributed by atoms with Crippen molar-refractivity contribution >= 4 is 0 Å². The molecule has 2 N–H and O–H groups in total. The Morgan fingerprint density at radius 1 is 0.950 bits per heavy atom. The molecule has 1 unspecified atom stereocenters. The number of nitrogens with zero attached hydrogens (tertiary/aromatic N) is 1. The average Bonchev–Trinajstić information content (AvgIpc) is 2.18. The highest BCUT2D eigenvalue weighted by Gasteiger charge is 2.30. The van der Waals surface area contributed by atoms with Crippen LogP contribution in [0.3, 0.4) is 0 Å². The van der Waals surface area contributed by atoms with Crippen LogP contribution in [0.5, 0.6) is 0 Å². The van der Waals surface area contributed by atoms with Gasteiger partial charge in [0.15, 0.2) is 0 Å². The molecule has 0 aliphatic heterocycles. The van der Waals surface area contributed by atoms with E-state index in [0.717, 1.165) is 11.0 Å². The number of nitrogens with one attached hydrogen (secondary N) is 2. The maximum Gasteiger partial charge on any atom is 0.333 e.